The Balaban J connectivity index is 1.84. The summed E-state index contributed by atoms with van der Waals surface area (Å²) in [6.07, 6.45) is 8.76. The lowest BCUT2D eigenvalue weighted by Crippen LogP contribution is -2.33. The molecule has 1 N–H and O–H groups in total. The molecule has 16 heavy (non-hydrogen) atoms. The van der Waals surface area contributed by atoms with Crippen LogP contribution in [0.1, 0.15) is 44.7 Å². The summed E-state index contributed by atoms with van der Waals surface area (Å²) in [7, 11) is 0. The topological polar surface area (TPSA) is 24.9 Å². The monoisotopic (exact) mass is 218 g/mol. The van der Waals surface area contributed by atoms with Gasteiger partial charge >= 0.3 is 0 Å². The van der Waals surface area contributed by atoms with Gasteiger partial charge in [0, 0.05) is 18.8 Å². The van der Waals surface area contributed by atoms with Crippen molar-refractivity contribution in [3.8, 4) is 0 Å². The second-order valence-electron chi connectivity index (χ2n) is 4.92. The van der Waals surface area contributed by atoms with Crippen molar-refractivity contribution in [2.24, 2.45) is 5.92 Å². The maximum Gasteiger partial charge on any atom is 0.0541 e. The van der Waals surface area contributed by atoms with E-state index in [4.69, 9.17) is 0 Å². The van der Waals surface area contributed by atoms with E-state index in [0.717, 1.165) is 18.2 Å². The summed E-state index contributed by atoms with van der Waals surface area (Å²) in [6.45, 7) is 3.29. The Morgan fingerprint density at radius 1 is 1.25 bits per heavy atom. The summed E-state index contributed by atoms with van der Waals surface area (Å²) < 4.78 is 0. The third kappa shape index (κ3) is 3.31. The highest BCUT2D eigenvalue weighted by Gasteiger charge is 2.18. The molecule has 0 saturated heterocycles. The summed E-state index contributed by atoms with van der Waals surface area (Å²) in [6, 6.07) is 6.80. The van der Waals surface area contributed by atoms with Crippen molar-refractivity contribution in [1.82, 2.24) is 10.3 Å². The van der Waals surface area contributed by atoms with Gasteiger partial charge in [0.1, 0.15) is 0 Å². The molecular weight excluding hydrogens is 196 g/mol. The molecule has 0 radical (unpaired) electrons. The van der Waals surface area contributed by atoms with Gasteiger partial charge in [0.05, 0.1) is 5.69 Å². The van der Waals surface area contributed by atoms with Gasteiger partial charge in [0.15, 0.2) is 0 Å². The average Bonchev–Trinajstić information content (AvgIpc) is 2.53. The van der Waals surface area contributed by atoms with Crippen LogP contribution >= 0.6 is 0 Å². The van der Waals surface area contributed by atoms with Crippen LogP contribution in [-0.4, -0.2) is 11.0 Å². The molecule has 1 aliphatic rings. The van der Waals surface area contributed by atoms with Crippen molar-refractivity contribution in [2.45, 2.75) is 51.6 Å². The predicted octanol–water partition coefficient (Wildman–Crippen LogP) is 3.14. The molecular formula is C14H22N2. The fourth-order valence-corrected chi connectivity index (χ4v) is 2.53. The Bertz CT molecular complexity index is 297. The van der Waals surface area contributed by atoms with E-state index in [-0.39, 0.29) is 0 Å². The van der Waals surface area contributed by atoms with E-state index in [9.17, 15) is 0 Å². The zero-order chi connectivity index (χ0) is 11.2. The van der Waals surface area contributed by atoms with Crippen molar-refractivity contribution in [3.63, 3.8) is 0 Å². The third-order valence-corrected chi connectivity index (χ3v) is 3.63. The molecule has 0 amide bonds. The van der Waals surface area contributed by atoms with Crippen LogP contribution in [0, 0.1) is 5.92 Å². The minimum atomic E-state index is 0.685. The van der Waals surface area contributed by atoms with Crippen molar-refractivity contribution in [2.75, 3.05) is 0 Å². The van der Waals surface area contributed by atoms with Crippen molar-refractivity contribution in [3.05, 3.63) is 30.1 Å². The SMILES string of the molecule is CC1CCCCCC1NCc1ccccn1. The van der Waals surface area contributed by atoms with Gasteiger partial charge in [0.2, 0.25) is 0 Å². The minimum absolute atomic E-state index is 0.685. The van der Waals surface area contributed by atoms with E-state index in [1.54, 1.807) is 0 Å². The average molecular weight is 218 g/mol. The summed E-state index contributed by atoms with van der Waals surface area (Å²) in [5.41, 5.74) is 1.15. The van der Waals surface area contributed by atoms with Crippen molar-refractivity contribution in [1.29, 1.82) is 0 Å². The molecule has 0 aromatic carbocycles. The van der Waals surface area contributed by atoms with E-state index in [0.29, 0.717) is 6.04 Å². The van der Waals surface area contributed by atoms with Gasteiger partial charge in [-0.2, -0.15) is 0 Å². The first-order valence-electron chi connectivity index (χ1n) is 6.49. The Morgan fingerprint density at radius 3 is 2.94 bits per heavy atom. The highest BCUT2D eigenvalue weighted by Crippen LogP contribution is 2.23. The van der Waals surface area contributed by atoms with Crippen LogP contribution < -0.4 is 5.32 Å². The van der Waals surface area contributed by atoms with E-state index >= 15 is 0 Å². The molecule has 2 nitrogen and oxygen atoms in total. The summed E-state index contributed by atoms with van der Waals surface area (Å²) in [5, 5.41) is 3.67. The van der Waals surface area contributed by atoms with Gasteiger partial charge in [-0.3, -0.25) is 4.98 Å². The number of nitrogens with zero attached hydrogens (tertiary/aromatic N) is 1. The van der Waals surface area contributed by atoms with Crippen LogP contribution in [0.2, 0.25) is 0 Å². The molecule has 1 heterocycles. The fourth-order valence-electron chi connectivity index (χ4n) is 2.53. The molecule has 0 spiro atoms. The molecule has 88 valence electrons. The summed E-state index contributed by atoms with van der Waals surface area (Å²) in [4.78, 5) is 4.35. The normalized spacial score (nSPS) is 26.3. The lowest BCUT2D eigenvalue weighted by atomic mass is 9.97. The Labute approximate surface area is 98.5 Å². The van der Waals surface area contributed by atoms with Crippen LogP contribution in [0.3, 0.4) is 0 Å². The Hall–Kier alpha value is -0.890. The molecule has 2 atom stereocenters. The number of nitrogens with one attached hydrogen (secondary N) is 1. The molecule has 2 rings (SSSR count). The van der Waals surface area contributed by atoms with E-state index in [1.165, 1.54) is 32.1 Å². The highest BCUT2D eigenvalue weighted by atomic mass is 14.9. The fraction of sp³-hybridized carbons (Fsp3) is 0.643. The molecule has 2 unspecified atom stereocenters. The largest absolute Gasteiger partial charge is 0.308 e. The lowest BCUT2D eigenvalue weighted by Gasteiger charge is -2.22. The number of hydrogen-bond donors (Lipinski definition) is 1. The van der Waals surface area contributed by atoms with E-state index in [1.807, 2.05) is 12.3 Å². The van der Waals surface area contributed by atoms with Crippen LogP contribution in [0.5, 0.6) is 0 Å². The number of rotatable bonds is 3. The Kier molecular flexibility index (Phi) is 4.34. The van der Waals surface area contributed by atoms with Crippen LogP contribution in [0.4, 0.5) is 0 Å². The third-order valence-electron chi connectivity index (χ3n) is 3.63. The van der Waals surface area contributed by atoms with E-state index < -0.39 is 0 Å². The van der Waals surface area contributed by atoms with Gasteiger partial charge in [-0.25, -0.2) is 0 Å². The number of pyridine rings is 1. The maximum absolute atomic E-state index is 4.35. The summed E-state index contributed by atoms with van der Waals surface area (Å²) >= 11 is 0. The van der Waals surface area contributed by atoms with Gasteiger partial charge in [-0.15, -0.1) is 0 Å². The molecule has 0 bridgehead atoms. The second kappa shape index (κ2) is 6.00. The zero-order valence-electron chi connectivity index (χ0n) is 10.2. The molecule has 1 saturated carbocycles. The molecule has 1 aromatic rings. The first-order chi connectivity index (χ1) is 7.86. The van der Waals surface area contributed by atoms with Gasteiger partial charge in [-0.05, 0) is 30.9 Å². The Morgan fingerprint density at radius 2 is 2.12 bits per heavy atom. The summed E-state index contributed by atoms with van der Waals surface area (Å²) in [5.74, 6) is 0.811. The first-order valence-corrected chi connectivity index (χ1v) is 6.49. The van der Waals surface area contributed by atoms with Crippen LogP contribution in [0.15, 0.2) is 24.4 Å². The molecule has 1 aromatic heterocycles. The molecule has 0 aliphatic heterocycles. The number of hydrogen-bond acceptors (Lipinski definition) is 2. The van der Waals surface area contributed by atoms with Gasteiger partial charge in [-0.1, -0.05) is 32.3 Å². The standard InChI is InChI=1S/C14H22N2/c1-12-7-3-2-4-9-14(12)16-11-13-8-5-6-10-15-13/h5-6,8,10,12,14,16H,2-4,7,9,11H2,1H3. The molecule has 1 aliphatic carbocycles. The second-order valence-corrected chi connectivity index (χ2v) is 4.92. The quantitative estimate of drug-likeness (QED) is 0.788. The van der Waals surface area contributed by atoms with Crippen LogP contribution in [0.25, 0.3) is 0 Å². The van der Waals surface area contributed by atoms with Crippen LogP contribution in [-0.2, 0) is 6.54 Å². The highest BCUT2D eigenvalue weighted by molar-refractivity contribution is 5.03. The van der Waals surface area contributed by atoms with E-state index in [2.05, 4.69) is 29.4 Å². The number of aromatic nitrogens is 1. The van der Waals surface area contributed by atoms with Crippen molar-refractivity contribution < 1.29 is 0 Å². The smallest absolute Gasteiger partial charge is 0.0541 e. The first kappa shape index (κ1) is 11.6. The van der Waals surface area contributed by atoms with Gasteiger partial charge < -0.3 is 5.32 Å². The maximum atomic E-state index is 4.35. The minimum Gasteiger partial charge on any atom is -0.308 e. The molecule has 2 heteroatoms. The molecule has 1 fully saturated rings. The van der Waals surface area contributed by atoms with Crippen molar-refractivity contribution >= 4 is 0 Å². The van der Waals surface area contributed by atoms with Gasteiger partial charge in [0.25, 0.3) is 0 Å². The lowest BCUT2D eigenvalue weighted by molar-refractivity contribution is 0.354. The predicted molar refractivity (Wildman–Crippen MR) is 67.1 cm³/mol. The zero-order valence-corrected chi connectivity index (χ0v) is 10.2.